The van der Waals surface area contributed by atoms with Crippen LogP contribution in [0, 0.1) is 5.92 Å². The van der Waals surface area contributed by atoms with Gasteiger partial charge in [0.1, 0.15) is 6.10 Å². The molecule has 6 heteroatoms. The summed E-state index contributed by atoms with van der Waals surface area (Å²) in [6.07, 6.45) is -1.99. The molecule has 6 nitrogen and oxygen atoms in total. The van der Waals surface area contributed by atoms with Gasteiger partial charge in [0.15, 0.2) is 6.10 Å². The van der Waals surface area contributed by atoms with Gasteiger partial charge in [-0.1, -0.05) is 0 Å². The second-order valence-electron chi connectivity index (χ2n) is 4.16. The van der Waals surface area contributed by atoms with Gasteiger partial charge in [-0.3, -0.25) is 9.59 Å². The van der Waals surface area contributed by atoms with Gasteiger partial charge in [-0.25, -0.2) is 0 Å². The van der Waals surface area contributed by atoms with Crippen LogP contribution in [0.25, 0.3) is 0 Å². The first-order valence-electron chi connectivity index (χ1n) is 5.27. The van der Waals surface area contributed by atoms with Crippen molar-refractivity contribution in [1.82, 2.24) is 5.32 Å². The maximum Gasteiger partial charge on any atom is 0.303 e. The Kier molecular flexibility index (Phi) is 2.86. The van der Waals surface area contributed by atoms with Gasteiger partial charge in [0.05, 0.1) is 18.1 Å². The van der Waals surface area contributed by atoms with Crippen LogP contribution in [0.15, 0.2) is 0 Å². The third kappa shape index (κ3) is 1.68. The highest BCUT2D eigenvalue weighted by Crippen LogP contribution is 2.40. The minimum atomic E-state index is -0.912. The van der Waals surface area contributed by atoms with Crippen molar-refractivity contribution in [3.63, 3.8) is 0 Å². The molecule has 0 radical (unpaired) electrons. The van der Waals surface area contributed by atoms with Gasteiger partial charge in [0.2, 0.25) is 5.91 Å². The number of aliphatic hydroxyl groups is 1. The van der Waals surface area contributed by atoms with Crippen molar-refractivity contribution in [2.45, 2.75) is 37.8 Å². The first-order valence-corrected chi connectivity index (χ1v) is 5.27. The summed E-state index contributed by atoms with van der Waals surface area (Å²) in [5, 5.41) is 12.4. The molecule has 2 N–H and O–H groups in total. The molecule has 5 atom stereocenters. The predicted octanol–water partition coefficient (Wildman–Crippen LogP) is -1.19. The largest absolute Gasteiger partial charge is 0.457 e. The van der Waals surface area contributed by atoms with Gasteiger partial charge in [-0.2, -0.15) is 0 Å². The second-order valence-corrected chi connectivity index (χ2v) is 4.16. The van der Waals surface area contributed by atoms with Gasteiger partial charge in [-0.15, -0.1) is 0 Å². The highest BCUT2D eigenvalue weighted by molar-refractivity contribution is 5.79. The quantitative estimate of drug-likeness (QED) is 0.582. The average molecular weight is 229 g/mol. The zero-order valence-electron chi connectivity index (χ0n) is 9.17. The third-order valence-corrected chi connectivity index (χ3v) is 3.14. The molecule has 16 heavy (non-hydrogen) atoms. The number of rotatable bonds is 2. The van der Waals surface area contributed by atoms with Gasteiger partial charge in [0, 0.05) is 14.0 Å². The van der Waals surface area contributed by atoms with Crippen LogP contribution in [0.2, 0.25) is 0 Å². The lowest BCUT2D eigenvalue weighted by Crippen LogP contribution is -2.47. The summed E-state index contributed by atoms with van der Waals surface area (Å²) < 4.78 is 10.4. The number of carbonyl (C=O) groups excluding carboxylic acids is 2. The van der Waals surface area contributed by atoms with Crippen LogP contribution in [0.4, 0.5) is 0 Å². The Labute approximate surface area is 92.9 Å². The zero-order chi connectivity index (χ0) is 11.9. The number of esters is 1. The van der Waals surface area contributed by atoms with Gasteiger partial charge < -0.3 is 19.9 Å². The fraction of sp³-hybridized carbons (Fsp3) is 0.800. The van der Waals surface area contributed by atoms with E-state index >= 15 is 0 Å². The Hall–Kier alpha value is -1.14. The van der Waals surface area contributed by atoms with Crippen LogP contribution in [0.5, 0.6) is 0 Å². The van der Waals surface area contributed by atoms with E-state index in [0.717, 1.165) is 0 Å². The lowest BCUT2D eigenvalue weighted by molar-refractivity contribution is -0.154. The Morgan fingerprint density at radius 2 is 2.19 bits per heavy atom. The standard InChI is InChI=1S/C10H15NO5/c1-4(12)15-9-6-3-5(10(14)11-2)8(16-6)7(9)13/h5-9,13H,3H2,1-2H3,(H,11,14)/t5?,6?,7-,8+,9?/m1/s1. The highest BCUT2D eigenvalue weighted by atomic mass is 16.6. The minimum Gasteiger partial charge on any atom is -0.457 e. The van der Waals surface area contributed by atoms with E-state index in [1.54, 1.807) is 7.05 Å². The number of fused-ring (bicyclic) bond motifs is 2. The minimum absolute atomic E-state index is 0.146. The number of amides is 1. The number of ether oxygens (including phenoxy) is 2. The van der Waals surface area contributed by atoms with Crippen LogP contribution in [-0.4, -0.2) is 48.4 Å². The molecule has 0 aliphatic carbocycles. The number of aliphatic hydroxyl groups excluding tert-OH is 1. The molecule has 0 spiro atoms. The molecule has 1 amide bonds. The topological polar surface area (TPSA) is 84.9 Å². The van der Waals surface area contributed by atoms with Crippen LogP contribution in [0.3, 0.4) is 0 Å². The fourth-order valence-corrected chi connectivity index (χ4v) is 2.45. The van der Waals surface area contributed by atoms with Gasteiger partial charge in [0.25, 0.3) is 0 Å². The van der Waals surface area contributed by atoms with E-state index in [4.69, 9.17) is 9.47 Å². The molecule has 0 aromatic heterocycles. The van der Waals surface area contributed by atoms with E-state index in [9.17, 15) is 14.7 Å². The zero-order valence-corrected chi connectivity index (χ0v) is 9.17. The van der Waals surface area contributed by atoms with Crippen molar-refractivity contribution in [3.05, 3.63) is 0 Å². The first kappa shape index (κ1) is 11.3. The average Bonchev–Trinajstić information content (AvgIpc) is 2.77. The molecule has 2 saturated heterocycles. The molecule has 2 bridgehead atoms. The number of hydrogen-bond donors (Lipinski definition) is 2. The Morgan fingerprint density at radius 3 is 2.69 bits per heavy atom. The van der Waals surface area contributed by atoms with E-state index in [0.29, 0.717) is 6.42 Å². The number of hydrogen-bond acceptors (Lipinski definition) is 5. The molecule has 2 heterocycles. The SMILES string of the molecule is CNC(=O)C1CC2O[C@@H]1[C@@H](O)C2OC(C)=O. The van der Waals surface area contributed by atoms with Crippen LogP contribution < -0.4 is 5.32 Å². The normalized spacial score (nSPS) is 40.8. The summed E-state index contributed by atoms with van der Waals surface area (Å²) in [6, 6.07) is 0. The fourth-order valence-electron chi connectivity index (χ4n) is 2.45. The van der Waals surface area contributed by atoms with Crippen molar-refractivity contribution in [2.24, 2.45) is 5.92 Å². The van der Waals surface area contributed by atoms with Crippen molar-refractivity contribution >= 4 is 11.9 Å². The van der Waals surface area contributed by atoms with Crippen molar-refractivity contribution in [1.29, 1.82) is 0 Å². The van der Waals surface area contributed by atoms with Crippen LogP contribution in [0.1, 0.15) is 13.3 Å². The summed E-state index contributed by atoms with van der Waals surface area (Å²) in [5.41, 5.74) is 0. The van der Waals surface area contributed by atoms with E-state index in [-0.39, 0.29) is 17.9 Å². The van der Waals surface area contributed by atoms with E-state index in [1.807, 2.05) is 0 Å². The van der Waals surface area contributed by atoms with Crippen molar-refractivity contribution < 1.29 is 24.2 Å². The Balaban J connectivity index is 2.05. The molecule has 2 aliphatic heterocycles. The summed E-state index contributed by atoms with van der Waals surface area (Å²) in [5.74, 6) is -0.943. The molecule has 3 unspecified atom stereocenters. The maximum absolute atomic E-state index is 11.5. The lowest BCUT2D eigenvalue weighted by Gasteiger charge is -2.27. The molecule has 0 saturated carbocycles. The third-order valence-electron chi connectivity index (χ3n) is 3.14. The number of nitrogens with one attached hydrogen (secondary N) is 1. The first-order chi connectivity index (χ1) is 7.54. The molecule has 2 aliphatic rings. The summed E-state index contributed by atoms with van der Waals surface area (Å²) in [4.78, 5) is 22.3. The Morgan fingerprint density at radius 1 is 1.50 bits per heavy atom. The lowest BCUT2D eigenvalue weighted by atomic mass is 9.84. The van der Waals surface area contributed by atoms with Crippen LogP contribution >= 0.6 is 0 Å². The van der Waals surface area contributed by atoms with E-state index in [2.05, 4.69) is 5.32 Å². The smallest absolute Gasteiger partial charge is 0.303 e. The number of carbonyl (C=O) groups is 2. The molecule has 2 fully saturated rings. The molecule has 0 aromatic rings. The Bertz CT molecular complexity index is 316. The molecular weight excluding hydrogens is 214 g/mol. The maximum atomic E-state index is 11.5. The van der Waals surface area contributed by atoms with Crippen molar-refractivity contribution in [2.75, 3.05) is 7.05 Å². The van der Waals surface area contributed by atoms with E-state index < -0.39 is 24.3 Å². The molecule has 0 aromatic carbocycles. The van der Waals surface area contributed by atoms with Gasteiger partial charge >= 0.3 is 5.97 Å². The molecule has 90 valence electrons. The van der Waals surface area contributed by atoms with Crippen LogP contribution in [-0.2, 0) is 19.1 Å². The van der Waals surface area contributed by atoms with E-state index in [1.165, 1.54) is 6.92 Å². The van der Waals surface area contributed by atoms with Gasteiger partial charge in [-0.05, 0) is 6.42 Å². The monoisotopic (exact) mass is 229 g/mol. The highest BCUT2D eigenvalue weighted by Gasteiger charge is 2.57. The summed E-state index contributed by atoms with van der Waals surface area (Å²) in [7, 11) is 1.55. The van der Waals surface area contributed by atoms with Crippen molar-refractivity contribution in [3.8, 4) is 0 Å². The summed E-state index contributed by atoms with van der Waals surface area (Å²) >= 11 is 0. The molecule has 2 rings (SSSR count). The molecular formula is C10H15NO5. The predicted molar refractivity (Wildman–Crippen MR) is 52.4 cm³/mol. The summed E-state index contributed by atoms with van der Waals surface area (Å²) in [6.45, 7) is 1.29. The second kappa shape index (κ2) is 4.03.